The number of aromatic hydroxyl groups is 1. The molecule has 0 spiro atoms. The lowest BCUT2D eigenvalue weighted by Gasteiger charge is -2.44. The number of rotatable bonds is 6. The van der Waals surface area contributed by atoms with E-state index in [-0.39, 0.29) is 53.4 Å². The number of hydrogen-bond donors (Lipinski definition) is 9. The minimum absolute atomic E-state index is 0.0267. The van der Waals surface area contributed by atoms with E-state index in [0.29, 0.717) is 89.4 Å². The Kier molecular flexibility index (Phi) is 20.1. The SMILES string of the molecule is C1CC2CCC(C1)N2.CC(C)(C)OC(=O)N1CC2CCC(C1)N2.CC(C)(O)C(=O)N1C2CCC1CN(c1cc(-c3ccccc3O)nnc1N)C2.CC(C)(O)C(=O)N1C2CCC1CN(c1cc(Cl)nnc1N)C2.Nc1nnc(Cl)cc1N1CC2CCC(C1)N2. The molecule has 89 heavy (non-hydrogen) atoms. The number of hydrogen-bond acceptors (Lipinski definition) is 22. The number of fused-ring (bicyclic) bond motifs is 10. The van der Waals surface area contributed by atoms with E-state index >= 15 is 0 Å². The number of para-hydroxylation sites is 1. The van der Waals surface area contributed by atoms with Crippen LogP contribution in [0, 0.1) is 0 Å². The number of nitrogens with two attached hydrogens (primary N) is 3. The molecule has 10 fully saturated rings. The fourth-order valence-electron chi connectivity index (χ4n) is 14.4. The minimum Gasteiger partial charge on any atom is -0.507 e. The van der Waals surface area contributed by atoms with Crippen molar-refractivity contribution in [1.82, 2.24) is 61.2 Å². The van der Waals surface area contributed by atoms with Crippen LogP contribution in [-0.4, -0.2) is 208 Å². The molecule has 10 saturated heterocycles. The largest absolute Gasteiger partial charge is 0.507 e. The number of piperidine rings is 1. The lowest BCUT2D eigenvalue weighted by molar-refractivity contribution is -0.151. The second kappa shape index (κ2) is 27.2. The molecule has 10 aliphatic rings. The van der Waals surface area contributed by atoms with Crippen LogP contribution in [0.25, 0.3) is 11.3 Å². The van der Waals surface area contributed by atoms with Gasteiger partial charge in [-0.05, 0) is 144 Å². The molecular weight excluding hydrogens is 1180 g/mol. The summed E-state index contributed by atoms with van der Waals surface area (Å²) in [5, 5.41) is 65.0. The standard InChI is InChI=1S/C20H25N5O3.C14H20ClN5O2.C11H20N2O2.C10H14ClN5.C7H13N/c1-20(2,28)19(27)25-12-7-8-13(25)11-24(10-12)16-9-15(22-23-18(16)21)14-5-3-4-6-17(14)26;1-14(2,22)13(21)20-8-3-4-9(20)7-19(6-8)10-5-11(15)17-18-12(10)16;1-11(2,3)15-10(14)13-6-8-4-5-9(7-13)12-8;11-9-3-8(10(12)15-14-9)16-4-6-1-2-7(5-16)13-6;1-2-6-4-5-7(3-1)8-6/h3-6,9,12-13,26,28H,7-8,10-11H2,1-2H3,(H2,21,23);5,8-9,22H,3-4,6-7H2,1-2H3,(H2,16,18);8-9,12H,4-7H2,1-3H3;3,6-7,13H,1-2,4-5H2,(H2,12,15);6-8H,1-5H2. The Labute approximate surface area is 532 Å². The number of nitrogens with zero attached hydrogens (tertiary/aromatic N) is 12. The summed E-state index contributed by atoms with van der Waals surface area (Å²) in [6.45, 7) is 17.9. The number of halogens is 2. The van der Waals surface area contributed by atoms with E-state index in [4.69, 9.17) is 45.1 Å². The summed E-state index contributed by atoms with van der Waals surface area (Å²) in [6.07, 6.45) is 15.6. The van der Waals surface area contributed by atoms with Crippen molar-refractivity contribution in [2.24, 2.45) is 0 Å². The number of likely N-dealkylation sites (tertiary alicyclic amines) is 1. The number of phenolic OH excluding ortho intramolecular Hbond substituents is 1. The van der Waals surface area contributed by atoms with Crippen LogP contribution in [0.3, 0.4) is 0 Å². The Balaban J connectivity index is 0.000000128. The summed E-state index contributed by atoms with van der Waals surface area (Å²) in [5.74, 6) is 0.819. The van der Waals surface area contributed by atoms with E-state index in [1.54, 1.807) is 30.3 Å². The third-order valence-electron chi connectivity index (χ3n) is 18.6. The van der Waals surface area contributed by atoms with Crippen LogP contribution in [0.5, 0.6) is 5.75 Å². The molecular formula is C62H92Cl2N18O7. The number of carbonyl (C=O) groups is 3. The average Bonchev–Trinajstić information content (AvgIpc) is 1.81. The smallest absolute Gasteiger partial charge is 0.410 e. The number of aromatic nitrogens is 6. The molecule has 12 N–H and O–H groups in total. The fraction of sp³-hybridized carbons (Fsp3) is 0.661. The van der Waals surface area contributed by atoms with Gasteiger partial charge in [0.25, 0.3) is 11.8 Å². The first-order valence-electron chi connectivity index (χ1n) is 31.7. The van der Waals surface area contributed by atoms with Crippen LogP contribution >= 0.6 is 23.2 Å². The topological polar surface area (TPSA) is 332 Å². The second-order valence-corrected chi connectivity index (χ2v) is 28.4. The molecule has 0 saturated carbocycles. The van der Waals surface area contributed by atoms with Gasteiger partial charge in [0, 0.05) is 130 Å². The van der Waals surface area contributed by atoms with E-state index in [1.807, 2.05) is 47.6 Å². The van der Waals surface area contributed by atoms with E-state index in [0.717, 1.165) is 81.0 Å². The van der Waals surface area contributed by atoms with Gasteiger partial charge in [-0.25, -0.2) is 4.79 Å². The van der Waals surface area contributed by atoms with Crippen molar-refractivity contribution in [3.05, 3.63) is 52.8 Å². The molecule has 25 nitrogen and oxygen atoms in total. The predicted molar refractivity (Wildman–Crippen MR) is 344 cm³/mol. The van der Waals surface area contributed by atoms with Gasteiger partial charge in [0.15, 0.2) is 27.8 Å². The normalized spacial score (nSPS) is 27.3. The molecule has 3 aromatic heterocycles. The molecule has 4 aromatic rings. The molecule has 13 heterocycles. The van der Waals surface area contributed by atoms with Crippen LogP contribution in [0.2, 0.25) is 10.3 Å². The Morgan fingerprint density at radius 3 is 1.28 bits per heavy atom. The molecule has 10 unspecified atom stereocenters. The Morgan fingerprint density at radius 1 is 0.506 bits per heavy atom. The molecule has 27 heteroatoms. The van der Waals surface area contributed by atoms with Crippen molar-refractivity contribution in [1.29, 1.82) is 0 Å². The molecule has 10 aliphatic heterocycles. The number of aliphatic hydroxyl groups is 2. The Bertz CT molecular complexity index is 3080. The van der Waals surface area contributed by atoms with Gasteiger partial charge in [0.1, 0.15) is 22.6 Å². The highest BCUT2D eigenvalue weighted by molar-refractivity contribution is 6.30. The van der Waals surface area contributed by atoms with E-state index in [2.05, 4.69) is 61.2 Å². The van der Waals surface area contributed by atoms with Gasteiger partial charge in [-0.1, -0.05) is 41.8 Å². The van der Waals surface area contributed by atoms with Crippen molar-refractivity contribution < 1.29 is 34.4 Å². The van der Waals surface area contributed by atoms with Gasteiger partial charge in [0.05, 0.1) is 22.8 Å². The highest BCUT2D eigenvalue weighted by atomic mass is 35.5. The predicted octanol–water partition coefficient (Wildman–Crippen LogP) is 5.35. The maximum absolute atomic E-state index is 12.6. The third kappa shape index (κ3) is 16.0. The zero-order valence-corrected chi connectivity index (χ0v) is 54.0. The maximum atomic E-state index is 12.6. The highest BCUT2D eigenvalue weighted by Crippen LogP contribution is 2.39. The molecule has 486 valence electrons. The first kappa shape index (κ1) is 65.6. The van der Waals surface area contributed by atoms with E-state index in [1.165, 1.54) is 85.5 Å². The van der Waals surface area contributed by atoms with Gasteiger partial charge in [-0.15, -0.1) is 30.6 Å². The first-order chi connectivity index (χ1) is 42.1. The number of ether oxygens (including phenoxy) is 1. The Morgan fingerprint density at radius 2 is 0.876 bits per heavy atom. The lowest BCUT2D eigenvalue weighted by Crippen LogP contribution is -2.60. The number of phenols is 1. The number of anilines is 6. The number of amides is 3. The zero-order valence-electron chi connectivity index (χ0n) is 52.5. The fourth-order valence-corrected chi connectivity index (χ4v) is 14.7. The molecule has 1 aromatic carbocycles. The van der Waals surface area contributed by atoms with Gasteiger partial charge < -0.3 is 82.6 Å². The van der Waals surface area contributed by atoms with Crippen molar-refractivity contribution in [2.75, 3.05) is 84.3 Å². The van der Waals surface area contributed by atoms with Gasteiger partial charge >= 0.3 is 6.09 Å². The average molecular weight is 1270 g/mol. The monoisotopic (exact) mass is 1270 g/mol. The summed E-state index contributed by atoms with van der Waals surface area (Å²) < 4.78 is 5.36. The first-order valence-corrected chi connectivity index (χ1v) is 32.5. The molecule has 10 bridgehead atoms. The Hall–Kier alpha value is -6.35. The quantitative estimate of drug-likeness (QED) is 0.118. The summed E-state index contributed by atoms with van der Waals surface area (Å²) in [6, 6.07) is 16.4. The molecule has 14 rings (SSSR count). The number of nitrogens with one attached hydrogen (secondary N) is 3. The highest BCUT2D eigenvalue weighted by Gasteiger charge is 2.48. The lowest BCUT2D eigenvalue weighted by atomic mass is 10.0. The molecule has 3 amide bonds. The van der Waals surface area contributed by atoms with Gasteiger partial charge in [-0.2, -0.15) is 0 Å². The molecule has 0 aliphatic carbocycles. The van der Waals surface area contributed by atoms with Gasteiger partial charge in [0.2, 0.25) is 0 Å². The van der Waals surface area contributed by atoms with Crippen molar-refractivity contribution in [3.63, 3.8) is 0 Å². The van der Waals surface area contributed by atoms with Crippen LogP contribution < -0.4 is 47.9 Å². The summed E-state index contributed by atoms with van der Waals surface area (Å²) in [7, 11) is 0. The maximum Gasteiger partial charge on any atom is 0.410 e. The summed E-state index contributed by atoms with van der Waals surface area (Å²) >= 11 is 11.8. The number of benzene rings is 1. The molecule has 0 radical (unpaired) electrons. The summed E-state index contributed by atoms with van der Waals surface area (Å²) in [4.78, 5) is 48.9. The third-order valence-corrected chi connectivity index (χ3v) is 18.9. The van der Waals surface area contributed by atoms with Crippen LogP contribution in [0.1, 0.15) is 132 Å². The summed E-state index contributed by atoms with van der Waals surface area (Å²) in [5.41, 5.74) is 18.3. The number of nitrogen functional groups attached to an aromatic ring is 3. The van der Waals surface area contributed by atoms with Gasteiger partial charge in [-0.3, -0.25) is 9.59 Å². The van der Waals surface area contributed by atoms with Crippen molar-refractivity contribution >= 4 is 75.6 Å². The molecule has 10 atom stereocenters. The zero-order chi connectivity index (χ0) is 63.7. The van der Waals surface area contributed by atoms with E-state index in [9.17, 15) is 29.7 Å². The van der Waals surface area contributed by atoms with Crippen molar-refractivity contribution in [3.8, 4) is 17.0 Å². The van der Waals surface area contributed by atoms with E-state index < -0.39 is 11.2 Å². The van der Waals surface area contributed by atoms with Crippen LogP contribution in [0.15, 0.2) is 42.5 Å². The number of carbonyl (C=O) groups excluding carboxylic acids is 3. The second-order valence-electron chi connectivity index (χ2n) is 27.6. The minimum atomic E-state index is -1.38. The van der Waals surface area contributed by atoms with Crippen molar-refractivity contribution in [2.45, 2.75) is 209 Å². The number of piperazine rings is 4. The van der Waals surface area contributed by atoms with Crippen LogP contribution in [0.4, 0.5) is 39.3 Å². The van der Waals surface area contributed by atoms with Crippen LogP contribution in [-0.2, 0) is 14.3 Å².